The maximum Gasteiger partial charge on any atom is 0.111 e. The van der Waals surface area contributed by atoms with E-state index in [4.69, 9.17) is 12.6 Å². The Kier molecular flexibility index (Phi) is 3.80. The number of likely N-dealkylation sites (tertiary alicyclic amines) is 1. The molecule has 0 aliphatic carbocycles. The van der Waals surface area contributed by atoms with Gasteiger partial charge in [-0.15, -0.1) is 0 Å². The second-order valence-corrected chi connectivity index (χ2v) is 7.45. The normalized spacial score (nSPS) is 37.3. The summed E-state index contributed by atoms with van der Waals surface area (Å²) in [5.74, 6) is 0. The third-order valence-electron chi connectivity index (χ3n) is 6.08. The number of benzene rings is 1. The van der Waals surface area contributed by atoms with Crippen molar-refractivity contribution in [3.8, 4) is 0 Å². The Bertz CT molecular complexity index is 563. The fourth-order valence-electron chi connectivity index (χ4n) is 5.00. The Labute approximate surface area is 139 Å². The summed E-state index contributed by atoms with van der Waals surface area (Å²) in [5.41, 5.74) is 0.126. The van der Waals surface area contributed by atoms with E-state index in [0.29, 0.717) is 26.0 Å². The summed E-state index contributed by atoms with van der Waals surface area (Å²) in [4.78, 5) is 4.58. The lowest BCUT2D eigenvalue weighted by Gasteiger charge is -2.63. The molecule has 1 aromatic rings. The zero-order valence-electron chi connectivity index (χ0n) is 13.8. The number of fused-ring (bicyclic) bond motifs is 1. The number of hydrogen-bond acceptors (Lipinski definition) is 4. The van der Waals surface area contributed by atoms with E-state index in [0.717, 1.165) is 19.3 Å². The average molecular weight is 312 g/mol. The zero-order valence-corrected chi connectivity index (χ0v) is 13.8. The molecule has 122 valence electrons. The van der Waals surface area contributed by atoms with Crippen LogP contribution in [0.4, 0.5) is 0 Å². The molecule has 1 aromatic carbocycles. The summed E-state index contributed by atoms with van der Waals surface area (Å²) in [5, 5.41) is 11.3. The average Bonchev–Trinajstić information content (AvgIpc) is 2.98. The van der Waals surface area contributed by atoms with Crippen molar-refractivity contribution in [1.82, 2.24) is 9.80 Å². The quantitative estimate of drug-likeness (QED) is 0.860. The number of β-amino-alcohol motifs (C(OH)–C–C–N with tert-alkyl or cyclic N) is 1. The van der Waals surface area contributed by atoms with Crippen LogP contribution in [-0.2, 0) is 4.74 Å². The molecule has 3 aliphatic heterocycles. The first-order valence-corrected chi connectivity index (χ1v) is 8.66. The van der Waals surface area contributed by atoms with Crippen molar-refractivity contribution in [2.45, 2.75) is 49.0 Å². The van der Waals surface area contributed by atoms with E-state index in [1.165, 1.54) is 5.56 Å². The Balaban J connectivity index is 1.73. The third-order valence-corrected chi connectivity index (χ3v) is 6.08. The highest BCUT2D eigenvalue weighted by Gasteiger charge is 2.62. The summed E-state index contributed by atoms with van der Waals surface area (Å²) >= 11 is 0. The molecule has 0 unspecified atom stereocenters. The Morgan fingerprint density at radius 3 is 2.70 bits per heavy atom. The van der Waals surface area contributed by atoms with Gasteiger partial charge >= 0.3 is 0 Å². The van der Waals surface area contributed by atoms with Gasteiger partial charge in [0.2, 0.25) is 0 Å². The minimum absolute atomic E-state index is 0.0763. The second-order valence-electron chi connectivity index (χ2n) is 7.45. The van der Waals surface area contributed by atoms with Gasteiger partial charge in [0.05, 0.1) is 20.5 Å². The maximum absolute atomic E-state index is 11.3. The minimum Gasteiger partial charge on any atom is -0.385 e. The lowest BCUT2D eigenvalue weighted by Crippen LogP contribution is -2.78. The van der Waals surface area contributed by atoms with Crippen molar-refractivity contribution >= 4 is 7.85 Å². The lowest BCUT2D eigenvalue weighted by molar-refractivity contribution is -0.214. The molecule has 4 nitrogen and oxygen atoms in total. The van der Waals surface area contributed by atoms with Gasteiger partial charge in [-0.2, -0.15) is 0 Å². The molecular formula is C18H25BN2O2. The smallest absolute Gasteiger partial charge is 0.111 e. The highest BCUT2D eigenvalue weighted by Crippen LogP contribution is 2.52. The fraction of sp³-hybridized carbons (Fsp3) is 0.667. The molecule has 4 rings (SSSR count). The number of aliphatic hydroxyl groups is 1. The van der Waals surface area contributed by atoms with Crippen molar-refractivity contribution in [2.24, 2.45) is 0 Å². The van der Waals surface area contributed by atoms with E-state index in [2.05, 4.69) is 34.1 Å². The molecular weight excluding hydrogens is 287 g/mol. The highest BCUT2D eigenvalue weighted by atomic mass is 16.5. The summed E-state index contributed by atoms with van der Waals surface area (Å²) in [6, 6.07) is 10.7. The minimum atomic E-state index is -0.740. The van der Waals surface area contributed by atoms with Gasteiger partial charge in [-0.25, -0.2) is 0 Å². The lowest BCUT2D eigenvalue weighted by atomic mass is 9.62. The van der Waals surface area contributed by atoms with E-state index in [-0.39, 0.29) is 17.8 Å². The summed E-state index contributed by atoms with van der Waals surface area (Å²) in [6.07, 6.45) is 3.58. The number of ether oxygens (including phenoxy) is 1. The first-order chi connectivity index (χ1) is 11.1. The van der Waals surface area contributed by atoms with Crippen LogP contribution in [0.1, 0.15) is 30.9 Å². The summed E-state index contributed by atoms with van der Waals surface area (Å²) in [6.45, 7) is 2.06. The van der Waals surface area contributed by atoms with Gasteiger partial charge < -0.3 is 14.7 Å². The van der Waals surface area contributed by atoms with Crippen molar-refractivity contribution < 1.29 is 9.84 Å². The zero-order chi connectivity index (χ0) is 16.1. The monoisotopic (exact) mass is 312 g/mol. The van der Waals surface area contributed by atoms with Gasteiger partial charge in [0.25, 0.3) is 0 Å². The van der Waals surface area contributed by atoms with Crippen LogP contribution in [-0.4, -0.2) is 66.9 Å². The molecule has 3 aliphatic rings. The van der Waals surface area contributed by atoms with Crippen LogP contribution in [0.15, 0.2) is 30.3 Å². The number of piperidine rings is 1. The number of likely N-dealkylation sites (N-methyl/N-ethyl adjacent to an activating group) is 1. The van der Waals surface area contributed by atoms with Crippen LogP contribution >= 0.6 is 0 Å². The van der Waals surface area contributed by atoms with Crippen LogP contribution < -0.4 is 0 Å². The molecule has 1 N–H and O–H groups in total. The SMILES string of the molecule is [B]C[C@@]1(C2(O)CN(C)C2)CCC[C@@H]2OC[C@H](c3ccccc3)N21. The Hall–Kier alpha value is -0.875. The molecule has 5 heteroatoms. The van der Waals surface area contributed by atoms with Crippen molar-refractivity contribution in [2.75, 3.05) is 26.7 Å². The largest absolute Gasteiger partial charge is 0.385 e. The molecule has 0 spiro atoms. The van der Waals surface area contributed by atoms with Crippen LogP contribution in [0.2, 0.25) is 6.32 Å². The summed E-state index contributed by atoms with van der Waals surface area (Å²) < 4.78 is 6.12. The first-order valence-electron chi connectivity index (χ1n) is 8.66. The van der Waals surface area contributed by atoms with Gasteiger partial charge in [0.1, 0.15) is 11.8 Å². The van der Waals surface area contributed by atoms with Crippen LogP contribution in [0.5, 0.6) is 0 Å². The van der Waals surface area contributed by atoms with E-state index in [9.17, 15) is 5.11 Å². The number of nitrogens with zero attached hydrogens (tertiary/aromatic N) is 2. The fourth-order valence-corrected chi connectivity index (χ4v) is 5.00. The van der Waals surface area contributed by atoms with Gasteiger partial charge in [0.15, 0.2) is 0 Å². The van der Waals surface area contributed by atoms with E-state index in [1.807, 2.05) is 13.1 Å². The topological polar surface area (TPSA) is 35.9 Å². The standard InChI is InChI=1S/C18H25BN2O2/c1-20-12-18(22,13-20)17(11-19)9-5-8-16-21(17)15(10-23-16)14-6-3-2-4-7-14/h2-4,6-7,15-16,22H,5,8-13H2,1H3/t15-,16+,17-/m1/s1. The molecule has 3 saturated heterocycles. The Morgan fingerprint density at radius 2 is 2.04 bits per heavy atom. The van der Waals surface area contributed by atoms with Gasteiger partial charge in [-0.3, -0.25) is 4.90 Å². The number of hydrogen-bond donors (Lipinski definition) is 1. The molecule has 3 heterocycles. The van der Waals surface area contributed by atoms with Gasteiger partial charge in [0, 0.05) is 18.6 Å². The Morgan fingerprint density at radius 1 is 1.30 bits per heavy atom. The number of rotatable bonds is 3. The first kappa shape index (κ1) is 15.6. The molecule has 0 bridgehead atoms. The van der Waals surface area contributed by atoms with Crippen molar-refractivity contribution in [3.63, 3.8) is 0 Å². The molecule has 0 saturated carbocycles. The predicted octanol–water partition coefficient (Wildman–Crippen LogP) is 1.57. The molecule has 0 aromatic heterocycles. The molecule has 3 fully saturated rings. The van der Waals surface area contributed by atoms with E-state index < -0.39 is 5.60 Å². The molecule has 2 radical (unpaired) electrons. The van der Waals surface area contributed by atoms with Crippen molar-refractivity contribution in [1.29, 1.82) is 0 Å². The predicted molar refractivity (Wildman–Crippen MR) is 90.4 cm³/mol. The third kappa shape index (κ3) is 2.21. The maximum atomic E-state index is 11.3. The van der Waals surface area contributed by atoms with Crippen LogP contribution in [0, 0.1) is 0 Å². The van der Waals surface area contributed by atoms with Crippen LogP contribution in [0.25, 0.3) is 0 Å². The summed E-state index contributed by atoms with van der Waals surface area (Å²) in [7, 11) is 8.35. The van der Waals surface area contributed by atoms with Gasteiger partial charge in [-0.1, -0.05) is 36.7 Å². The molecule has 0 amide bonds. The van der Waals surface area contributed by atoms with E-state index >= 15 is 0 Å². The van der Waals surface area contributed by atoms with Gasteiger partial charge in [-0.05, 0) is 31.9 Å². The van der Waals surface area contributed by atoms with Crippen molar-refractivity contribution in [3.05, 3.63) is 35.9 Å². The second kappa shape index (κ2) is 5.59. The highest BCUT2D eigenvalue weighted by molar-refractivity contribution is 6.09. The molecule has 3 atom stereocenters. The van der Waals surface area contributed by atoms with Crippen LogP contribution in [0.3, 0.4) is 0 Å². The van der Waals surface area contributed by atoms with E-state index in [1.54, 1.807) is 0 Å². The molecule has 23 heavy (non-hydrogen) atoms.